The van der Waals surface area contributed by atoms with Crippen LogP contribution in [0.4, 0.5) is 0 Å². The van der Waals surface area contributed by atoms with E-state index in [-0.39, 0.29) is 5.78 Å². The van der Waals surface area contributed by atoms with Crippen molar-refractivity contribution in [1.82, 2.24) is 0 Å². The van der Waals surface area contributed by atoms with E-state index in [9.17, 15) is 9.59 Å². The Morgan fingerprint density at radius 3 is 2.62 bits per heavy atom. The van der Waals surface area contributed by atoms with E-state index < -0.39 is 0 Å². The maximum atomic E-state index is 10.3. The van der Waals surface area contributed by atoms with Gasteiger partial charge < -0.3 is 4.79 Å². The van der Waals surface area contributed by atoms with Crippen LogP contribution in [0.1, 0.15) is 12.8 Å². The first-order valence-corrected chi connectivity index (χ1v) is 2.40. The first-order valence-electron chi connectivity index (χ1n) is 2.40. The Labute approximate surface area is 48.2 Å². The number of aldehydes is 1. The monoisotopic (exact) mass is 112 g/mol. The molecule has 0 saturated carbocycles. The van der Waals surface area contributed by atoms with Gasteiger partial charge in [0.05, 0.1) is 0 Å². The van der Waals surface area contributed by atoms with Crippen molar-refractivity contribution in [2.45, 2.75) is 12.8 Å². The summed E-state index contributed by atoms with van der Waals surface area (Å²) in [5.74, 6) is -0.0721. The van der Waals surface area contributed by atoms with Gasteiger partial charge in [0, 0.05) is 12.8 Å². The molecular formula is C6H8O2. The van der Waals surface area contributed by atoms with Crippen molar-refractivity contribution in [3.05, 3.63) is 12.7 Å². The molecular weight excluding hydrogens is 104 g/mol. The number of hydrogen-bond acceptors (Lipinski definition) is 2. The van der Waals surface area contributed by atoms with E-state index in [1.165, 1.54) is 6.08 Å². The van der Waals surface area contributed by atoms with Gasteiger partial charge in [0.2, 0.25) is 0 Å². The van der Waals surface area contributed by atoms with Gasteiger partial charge >= 0.3 is 0 Å². The Balaban J connectivity index is 3.24. The van der Waals surface area contributed by atoms with Crippen LogP contribution in [0.5, 0.6) is 0 Å². The number of carbonyl (C=O) groups excluding carboxylic acids is 2. The molecule has 2 nitrogen and oxygen atoms in total. The first-order chi connectivity index (χ1) is 3.81. The molecule has 0 N–H and O–H groups in total. The molecule has 8 heavy (non-hydrogen) atoms. The average Bonchev–Trinajstić information content (AvgIpc) is 1.83. The average molecular weight is 112 g/mol. The minimum absolute atomic E-state index is 0.0721. The highest BCUT2D eigenvalue weighted by atomic mass is 16.1. The largest absolute Gasteiger partial charge is 0.303 e. The predicted octanol–water partition coefficient (Wildman–Crippen LogP) is 0.721. The second-order valence-electron chi connectivity index (χ2n) is 1.38. The molecule has 0 aliphatic rings. The summed E-state index contributed by atoms with van der Waals surface area (Å²) in [4.78, 5) is 19.9. The van der Waals surface area contributed by atoms with E-state index in [2.05, 4.69) is 6.58 Å². The zero-order chi connectivity index (χ0) is 6.41. The fourth-order valence-corrected chi connectivity index (χ4v) is 0.303. The Morgan fingerprint density at radius 2 is 2.25 bits per heavy atom. The molecule has 0 aromatic carbocycles. The third kappa shape index (κ3) is 3.28. The molecule has 0 radical (unpaired) electrons. The first kappa shape index (κ1) is 7.08. The zero-order valence-corrected chi connectivity index (χ0v) is 4.59. The molecule has 0 spiro atoms. The lowest BCUT2D eigenvalue weighted by atomic mass is 10.2. The van der Waals surface area contributed by atoms with E-state index in [0.29, 0.717) is 12.8 Å². The summed E-state index contributed by atoms with van der Waals surface area (Å²) in [6.07, 6.45) is 2.56. The fourth-order valence-electron chi connectivity index (χ4n) is 0.303. The van der Waals surface area contributed by atoms with Gasteiger partial charge in [0.25, 0.3) is 0 Å². The second kappa shape index (κ2) is 4.24. The quantitative estimate of drug-likeness (QED) is 0.396. The fraction of sp³-hybridized carbons (Fsp3) is 0.333. The second-order valence-corrected chi connectivity index (χ2v) is 1.38. The van der Waals surface area contributed by atoms with Crippen molar-refractivity contribution in [3.8, 4) is 0 Å². The van der Waals surface area contributed by atoms with E-state index in [1.807, 2.05) is 0 Å². The highest BCUT2D eigenvalue weighted by molar-refractivity contribution is 5.90. The van der Waals surface area contributed by atoms with Crippen LogP contribution in [-0.4, -0.2) is 12.1 Å². The predicted molar refractivity (Wildman–Crippen MR) is 30.5 cm³/mol. The summed E-state index contributed by atoms with van der Waals surface area (Å²) in [5, 5.41) is 0. The lowest BCUT2D eigenvalue weighted by Crippen LogP contribution is -1.90. The Morgan fingerprint density at radius 1 is 1.62 bits per heavy atom. The molecule has 0 heterocycles. The summed E-state index contributed by atoms with van der Waals surface area (Å²) < 4.78 is 0. The van der Waals surface area contributed by atoms with Crippen LogP contribution in [0.2, 0.25) is 0 Å². The molecule has 0 rings (SSSR count). The van der Waals surface area contributed by atoms with E-state index in [0.717, 1.165) is 6.29 Å². The number of rotatable bonds is 4. The molecule has 0 unspecified atom stereocenters. The summed E-state index contributed by atoms with van der Waals surface area (Å²) in [6.45, 7) is 3.25. The molecule has 0 fully saturated rings. The third-order valence-electron chi connectivity index (χ3n) is 0.736. The topological polar surface area (TPSA) is 34.1 Å². The molecule has 0 atom stereocenters. The van der Waals surface area contributed by atoms with Crippen LogP contribution >= 0.6 is 0 Å². The summed E-state index contributed by atoms with van der Waals surface area (Å²) >= 11 is 0. The molecule has 0 aliphatic carbocycles. The van der Waals surface area contributed by atoms with Crippen molar-refractivity contribution >= 4 is 12.1 Å². The molecule has 0 bridgehead atoms. The lowest BCUT2D eigenvalue weighted by molar-refractivity contribution is -0.116. The minimum atomic E-state index is -0.0721. The normalized spacial score (nSPS) is 8.00. The van der Waals surface area contributed by atoms with Crippen molar-refractivity contribution < 1.29 is 9.59 Å². The van der Waals surface area contributed by atoms with Gasteiger partial charge in [-0.15, -0.1) is 0 Å². The van der Waals surface area contributed by atoms with Crippen LogP contribution in [0.3, 0.4) is 0 Å². The van der Waals surface area contributed by atoms with E-state index in [1.54, 1.807) is 0 Å². The van der Waals surface area contributed by atoms with Crippen molar-refractivity contribution in [3.63, 3.8) is 0 Å². The van der Waals surface area contributed by atoms with Crippen LogP contribution in [-0.2, 0) is 9.59 Å². The van der Waals surface area contributed by atoms with Gasteiger partial charge in [-0.3, -0.25) is 4.79 Å². The molecule has 2 heteroatoms. The summed E-state index contributed by atoms with van der Waals surface area (Å²) in [7, 11) is 0. The third-order valence-corrected chi connectivity index (χ3v) is 0.736. The highest BCUT2D eigenvalue weighted by Gasteiger charge is 1.90. The van der Waals surface area contributed by atoms with Crippen molar-refractivity contribution in [2.75, 3.05) is 0 Å². The number of hydrogen-bond donors (Lipinski definition) is 0. The smallest absolute Gasteiger partial charge is 0.155 e. The molecule has 0 aromatic rings. The van der Waals surface area contributed by atoms with Crippen LogP contribution in [0.15, 0.2) is 12.7 Å². The SMILES string of the molecule is C=CC(=O)CCC=O. The van der Waals surface area contributed by atoms with Crippen LogP contribution < -0.4 is 0 Å². The van der Waals surface area contributed by atoms with Gasteiger partial charge in [-0.25, -0.2) is 0 Å². The van der Waals surface area contributed by atoms with Crippen LogP contribution in [0, 0.1) is 0 Å². The Kier molecular flexibility index (Phi) is 3.76. The van der Waals surface area contributed by atoms with Crippen molar-refractivity contribution in [1.29, 1.82) is 0 Å². The van der Waals surface area contributed by atoms with Crippen LogP contribution in [0.25, 0.3) is 0 Å². The van der Waals surface area contributed by atoms with Gasteiger partial charge in [-0.05, 0) is 6.08 Å². The number of allylic oxidation sites excluding steroid dienone is 1. The van der Waals surface area contributed by atoms with Crippen molar-refractivity contribution in [2.24, 2.45) is 0 Å². The molecule has 0 amide bonds. The number of ketones is 1. The molecule has 0 aliphatic heterocycles. The van der Waals surface area contributed by atoms with E-state index >= 15 is 0 Å². The zero-order valence-electron chi connectivity index (χ0n) is 4.59. The maximum Gasteiger partial charge on any atom is 0.155 e. The molecule has 0 aromatic heterocycles. The van der Waals surface area contributed by atoms with Gasteiger partial charge in [0.1, 0.15) is 6.29 Å². The maximum absolute atomic E-state index is 10.3. The van der Waals surface area contributed by atoms with Gasteiger partial charge in [-0.1, -0.05) is 6.58 Å². The molecule has 44 valence electrons. The van der Waals surface area contributed by atoms with E-state index in [4.69, 9.17) is 0 Å². The van der Waals surface area contributed by atoms with Gasteiger partial charge in [-0.2, -0.15) is 0 Å². The lowest BCUT2D eigenvalue weighted by Gasteiger charge is -1.82. The Hall–Kier alpha value is -0.920. The highest BCUT2D eigenvalue weighted by Crippen LogP contribution is 1.85. The molecule has 0 saturated heterocycles. The Bertz CT molecular complexity index is 105. The minimum Gasteiger partial charge on any atom is -0.303 e. The summed E-state index contributed by atoms with van der Waals surface area (Å²) in [5.41, 5.74) is 0. The standard InChI is InChI=1S/C6H8O2/c1-2-6(8)4-3-5-7/h2,5H,1,3-4H2. The van der Waals surface area contributed by atoms with Gasteiger partial charge in [0.15, 0.2) is 5.78 Å². The number of carbonyl (C=O) groups is 2. The summed E-state index contributed by atoms with van der Waals surface area (Å²) in [6, 6.07) is 0.